The minimum atomic E-state index is -0.669. The van der Waals surface area contributed by atoms with Gasteiger partial charge in [-0.1, -0.05) is 12.1 Å². The average Bonchev–Trinajstić information content (AvgIpc) is 3.59. The number of ether oxygens (including phenoxy) is 2. The van der Waals surface area contributed by atoms with E-state index in [1.807, 2.05) is 12.1 Å². The van der Waals surface area contributed by atoms with Gasteiger partial charge in [0.15, 0.2) is 0 Å². The van der Waals surface area contributed by atoms with Crippen molar-refractivity contribution in [2.75, 3.05) is 20.2 Å². The van der Waals surface area contributed by atoms with Gasteiger partial charge in [-0.05, 0) is 74.4 Å². The van der Waals surface area contributed by atoms with Crippen LogP contribution in [-0.2, 0) is 4.74 Å². The quantitative estimate of drug-likeness (QED) is 0.606. The molecule has 0 aromatic heterocycles. The fourth-order valence-electron chi connectivity index (χ4n) is 4.20. The van der Waals surface area contributed by atoms with E-state index < -0.39 is 11.8 Å². The Morgan fingerprint density at radius 1 is 1.13 bits per heavy atom. The van der Waals surface area contributed by atoms with Crippen LogP contribution in [0.1, 0.15) is 66.1 Å². The molecule has 2 aromatic rings. The number of carbonyl (C=O) groups is 1. The first kappa shape index (κ1) is 20.8. The molecule has 6 heteroatoms. The molecule has 2 aliphatic rings. The van der Waals surface area contributed by atoms with Crippen molar-refractivity contribution < 1.29 is 23.0 Å². The lowest BCUT2D eigenvalue weighted by Gasteiger charge is -2.37. The van der Waals surface area contributed by atoms with E-state index in [9.17, 15) is 13.6 Å². The van der Waals surface area contributed by atoms with Crippen molar-refractivity contribution in [3.63, 3.8) is 0 Å². The summed E-state index contributed by atoms with van der Waals surface area (Å²) in [6.45, 7) is 3.75. The van der Waals surface area contributed by atoms with E-state index in [4.69, 9.17) is 9.47 Å². The van der Waals surface area contributed by atoms with Crippen LogP contribution >= 0.6 is 0 Å². The van der Waals surface area contributed by atoms with Gasteiger partial charge in [-0.15, -0.1) is 0 Å². The van der Waals surface area contributed by atoms with Gasteiger partial charge in [-0.2, -0.15) is 0 Å². The van der Waals surface area contributed by atoms with Gasteiger partial charge in [0.05, 0.1) is 12.7 Å². The van der Waals surface area contributed by atoms with Gasteiger partial charge >= 0.3 is 5.97 Å². The first-order valence-electron chi connectivity index (χ1n) is 10.5. The zero-order chi connectivity index (χ0) is 21.3. The lowest BCUT2D eigenvalue weighted by atomic mass is 10.0. The van der Waals surface area contributed by atoms with Crippen molar-refractivity contribution >= 4 is 5.97 Å². The van der Waals surface area contributed by atoms with Gasteiger partial charge in [-0.3, -0.25) is 4.90 Å². The summed E-state index contributed by atoms with van der Waals surface area (Å²) < 4.78 is 38.8. The summed E-state index contributed by atoms with van der Waals surface area (Å²) in [5, 5.41) is 0. The fourth-order valence-corrected chi connectivity index (χ4v) is 4.20. The number of carbonyl (C=O) groups excluding carboxylic acids is 1. The normalized spacial score (nSPS) is 20.6. The van der Waals surface area contributed by atoms with Crippen LogP contribution in [0.3, 0.4) is 0 Å². The molecule has 1 aliphatic heterocycles. The topological polar surface area (TPSA) is 38.8 Å². The van der Waals surface area contributed by atoms with Crippen molar-refractivity contribution in [1.29, 1.82) is 0 Å². The maximum Gasteiger partial charge on any atom is 0.340 e. The van der Waals surface area contributed by atoms with E-state index in [-0.39, 0.29) is 23.5 Å². The van der Waals surface area contributed by atoms with E-state index in [0.717, 1.165) is 43.4 Å². The Hall–Kier alpha value is -2.47. The number of esters is 1. The number of benzene rings is 2. The number of halogens is 2. The Morgan fingerprint density at radius 2 is 1.87 bits per heavy atom. The Bertz CT molecular complexity index is 911. The average molecular weight is 415 g/mol. The Balaban J connectivity index is 1.50. The second-order valence-electron chi connectivity index (χ2n) is 8.24. The van der Waals surface area contributed by atoms with Crippen molar-refractivity contribution in [3.8, 4) is 5.75 Å². The van der Waals surface area contributed by atoms with Gasteiger partial charge in [0.1, 0.15) is 23.5 Å². The minimum absolute atomic E-state index is 0.0399. The molecular weight excluding hydrogens is 388 g/mol. The second-order valence-corrected chi connectivity index (χ2v) is 8.24. The first-order valence-corrected chi connectivity index (χ1v) is 10.5. The highest BCUT2D eigenvalue weighted by Crippen LogP contribution is 2.45. The number of methoxy groups -OCH3 is 1. The maximum atomic E-state index is 14.5. The number of hydrogen-bond donors (Lipinski definition) is 0. The molecule has 2 atom stereocenters. The minimum Gasteiger partial charge on any atom is -0.489 e. The Labute approximate surface area is 175 Å². The molecule has 1 aliphatic carbocycles. The SMILES string of the molecule is COC(=O)c1cc(C2CC2)c(OC2CCCN([C@H](C)c3ccc(F)cc3)C2)cc1F. The van der Waals surface area contributed by atoms with Gasteiger partial charge < -0.3 is 9.47 Å². The van der Waals surface area contributed by atoms with Crippen LogP contribution in [0.5, 0.6) is 5.75 Å². The Morgan fingerprint density at radius 3 is 2.53 bits per heavy atom. The number of rotatable bonds is 6. The van der Waals surface area contributed by atoms with Gasteiger partial charge in [0.25, 0.3) is 0 Å². The summed E-state index contributed by atoms with van der Waals surface area (Å²) in [6, 6.07) is 9.67. The molecule has 0 amide bonds. The molecule has 0 spiro atoms. The lowest BCUT2D eigenvalue weighted by molar-refractivity contribution is 0.0592. The third-order valence-electron chi connectivity index (χ3n) is 6.13. The third-order valence-corrected chi connectivity index (χ3v) is 6.13. The molecule has 30 heavy (non-hydrogen) atoms. The summed E-state index contributed by atoms with van der Waals surface area (Å²) in [7, 11) is 1.25. The van der Waals surface area contributed by atoms with E-state index >= 15 is 0 Å². The summed E-state index contributed by atoms with van der Waals surface area (Å²) >= 11 is 0. The van der Waals surface area contributed by atoms with E-state index in [1.165, 1.54) is 25.3 Å². The molecule has 4 nitrogen and oxygen atoms in total. The molecule has 0 bridgehead atoms. The van der Waals surface area contributed by atoms with E-state index in [0.29, 0.717) is 18.2 Å². The van der Waals surface area contributed by atoms with Crippen LogP contribution in [0.4, 0.5) is 8.78 Å². The Kier molecular flexibility index (Phi) is 6.04. The predicted octanol–water partition coefficient (Wildman–Crippen LogP) is 5.23. The highest BCUT2D eigenvalue weighted by molar-refractivity contribution is 5.90. The van der Waals surface area contributed by atoms with E-state index in [1.54, 1.807) is 6.07 Å². The molecule has 2 fully saturated rings. The molecule has 1 heterocycles. The molecule has 0 radical (unpaired) electrons. The zero-order valence-corrected chi connectivity index (χ0v) is 17.4. The van der Waals surface area contributed by atoms with E-state index in [2.05, 4.69) is 11.8 Å². The van der Waals surface area contributed by atoms with Crippen LogP contribution in [0.2, 0.25) is 0 Å². The van der Waals surface area contributed by atoms with Gasteiger partial charge in [-0.25, -0.2) is 13.6 Å². The predicted molar refractivity (Wildman–Crippen MR) is 110 cm³/mol. The fraction of sp³-hybridized carbons (Fsp3) is 0.458. The molecule has 0 N–H and O–H groups in total. The molecule has 4 rings (SSSR count). The van der Waals surface area contributed by atoms with Crippen LogP contribution in [0.15, 0.2) is 36.4 Å². The van der Waals surface area contributed by atoms with Crippen molar-refractivity contribution in [2.24, 2.45) is 0 Å². The number of hydrogen-bond acceptors (Lipinski definition) is 4. The van der Waals surface area contributed by atoms with Gasteiger partial charge in [0.2, 0.25) is 0 Å². The van der Waals surface area contributed by atoms with Crippen molar-refractivity contribution in [1.82, 2.24) is 4.90 Å². The molecule has 1 unspecified atom stereocenters. The highest BCUT2D eigenvalue weighted by atomic mass is 19.1. The molecule has 1 saturated heterocycles. The standard InChI is InChI=1S/C24H27F2NO3/c1-15(16-7-9-18(25)10-8-16)27-11-3-4-19(14-27)30-23-13-22(26)21(24(28)29-2)12-20(23)17-5-6-17/h7-10,12-13,15,17,19H,3-6,11,14H2,1-2H3/t15-,19?/m1/s1. The van der Waals surface area contributed by atoms with Gasteiger partial charge in [0, 0.05) is 18.7 Å². The number of nitrogens with zero attached hydrogens (tertiary/aromatic N) is 1. The van der Waals surface area contributed by atoms with Crippen LogP contribution in [0.25, 0.3) is 0 Å². The number of likely N-dealkylation sites (tertiary alicyclic amines) is 1. The largest absolute Gasteiger partial charge is 0.489 e. The molecule has 160 valence electrons. The summed E-state index contributed by atoms with van der Waals surface area (Å²) in [5.41, 5.74) is 1.91. The van der Waals surface area contributed by atoms with Crippen molar-refractivity contribution in [2.45, 2.75) is 50.7 Å². The zero-order valence-electron chi connectivity index (χ0n) is 17.4. The molecule has 1 saturated carbocycles. The molecular formula is C24H27F2NO3. The van der Waals surface area contributed by atoms with Crippen LogP contribution in [0, 0.1) is 11.6 Å². The first-order chi connectivity index (χ1) is 14.5. The maximum absolute atomic E-state index is 14.5. The second kappa shape index (κ2) is 8.72. The summed E-state index contributed by atoms with van der Waals surface area (Å²) in [4.78, 5) is 14.2. The van der Waals surface area contributed by atoms with Crippen LogP contribution in [-0.4, -0.2) is 37.2 Å². The summed E-state index contributed by atoms with van der Waals surface area (Å²) in [5.74, 6) is -0.687. The smallest absolute Gasteiger partial charge is 0.340 e. The summed E-state index contributed by atoms with van der Waals surface area (Å²) in [6.07, 6.45) is 3.82. The molecule has 2 aromatic carbocycles. The monoisotopic (exact) mass is 415 g/mol. The highest BCUT2D eigenvalue weighted by Gasteiger charge is 2.32. The third kappa shape index (κ3) is 4.48. The lowest BCUT2D eigenvalue weighted by Crippen LogP contribution is -2.42. The number of piperidine rings is 1. The van der Waals surface area contributed by atoms with Crippen molar-refractivity contribution in [3.05, 3.63) is 64.7 Å². The van der Waals surface area contributed by atoms with Crippen LogP contribution < -0.4 is 4.74 Å².